The molecule has 1 heterocycles. The molecule has 0 fully saturated rings. The molecule has 0 radical (unpaired) electrons. The van der Waals surface area contributed by atoms with Gasteiger partial charge in [-0.05, 0) is 41.5 Å². The summed E-state index contributed by atoms with van der Waals surface area (Å²) in [6.45, 7) is 0.226. The highest BCUT2D eigenvalue weighted by molar-refractivity contribution is 5.95. The van der Waals surface area contributed by atoms with Crippen molar-refractivity contribution in [3.05, 3.63) is 137 Å². The van der Waals surface area contributed by atoms with E-state index in [4.69, 9.17) is 0 Å². The van der Waals surface area contributed by atoms with Crippen molar-refractivity contribution >= 4 is 11.8 Å². The van der Waals surface area contributed by atoms with E-state index in [1.165, 1.54) is 7.05 Å². The summed E-state index contributed by atoms with van der Waals surface area (Å²) in [5.41, 5.74) is -1.86. The van der Waals surface area contributed by atoms with Crippen LogP contribution in [0.15, 0.2) is 103 Å². The third-order valence-electron chi connectivity index (χ3n) is 7.18. The number of benzene rings is 3. The molecule has 0 spiro atoms. The molecule has 5 nitrogen and oxygen atoms in total. The number of aromatic nitrogens is 1. The lowest BCUT2D eigenvalue weighted by molar-refractivity contribution is -0.143. The predicted molar refractivity (Wildman–Crippen MR) is 153 cm³/mol. The van der Waals surface area contributed by atoms with Crippen LogP contribution in [0.4, 0.5) is 26.3 Å². The number of carbonyl (C=O) groups is 2. The second-order valence-electron chi connectivity index (χ2n) is 10.2. The van der Waals surface area contributed by atoms with E-state index in [9.17, 15) is 35.9 Å². The van der Waals surface area contributed by atoms with Crippen LogP contribution in [-0.4, -0.2) is 41.3 Å². The molecule has 0 bridgehead atoms. The lowest BCUT2D eigenvalue weighted by Crippen LogP contribution is -2.45. The minimum atomic E-state index is -5.13. The van der Waals surface area contributed by atoms with E-state index in [1.807, 2.05) is 6.07 Å². The van der Waals surface area contributed by atoms with Crippen molar-refractivity contribution in [1.29, 1.82) is 0 Å². The topological polar surface area (TPSA) is 62.3 Å². The minimum absolute atomic E-state index is 0.0277. The fourth-order valence-corrected chi connectivity index (χ4v) is 5.01. The summed E-state index contributed by atoms with van der Waals surface area (Å²) in [6, 6.07) is 22.9. The predicted octanol–water partition coefficient (Wildman–Crippen LogP) is 7.14. The fraction of sp³-hybridized carbons (Fsp3) is 0.242. The van der Waals surface area contributed by atoms with Gasteiger partial charge >= 0.3 is 12.4 Å². The number of pyridine rings is 1. The summed E-state index contributed by atoms with van der Waals surface area (Å²) in [6.07, 6.45) is -8.49. The number of hydrogen-bond acceptors (Lipinski definition) is 3. The molecule has 0 saturated carbocycles. The average Bonchev–Trinajstić information content (AvgIpc) is 3.00. The SMILES string of the molecule is CN(C(=O)c1cc(C(F)(F)F)cc(C(F)(F)F)c1)C(CC(=O)NCCc1ccccn1)C(c1ccccc1)c1ccccc1. The molecule has 230 valence electrons. The summed E-state index contributed by atoms with van der Waals surface area (Å²) >= 11 is 0. The van der Waals surface area contributed by atoms with Gasteiger partial charge in [-0.25, -0.2) is 0 Å². The Morgan fingerprint density at radius 2 is 1.30 bits per heavy atom. The normalized spacial score (nSPS) is 12.5. The summed E-state index contributed by atoms with van der Waals surface area (Å²) < 4.78 is 81.6. The first-order chi connectivity index (χ1) is 20.8. The molecule has 4 aromatic rings. The van der Waals surface area contributed by atoms with Crippen LogP contribution in [0.5, 0.6) is 0 Å². The van der Waals surface area contributed by atoms with Crippen molar-refractivity contribution in [3.8, 4) is 0 Å². The molecule has 0 aliphatic carbocycles. The maximum atomic E-state index is 13.7. The van der Waals surface area contributed by atoms with Crippen LogP contribution in [0.1, 0.15) is 50.6 Å². The van der Waals surface area contributed by atoms with Crippen molar-refractivity contribution in [1.82, 2.24) is 15.2 Å². The first-order valence-electron chi connectivity index (χ1n) is 13.7. The van der Waals surface area contributed by atoms with Gasteiger partial charge in [0, 0.05) is 49.8 Å². The second-order valence-corrected chi connectivity index (χ2v) is 10.2. The number of halogens is 6. The molecule has 44 heavy (non-hydrogen) atoms. The van der Waals surface area contributed by atoms with Gasteiger partial charge in [0.05, 0.1) is 17.2 Å². The molecule has 0 aliphatic heterocycles. The van der Waals surface area contributed by atoms with Crippen LogP contribution in [0.2, 0.25) is 0 Å². The van der Waals surface area contributed by atoms with Gasteiger partial charge in [0.1, 0.15) is 0 Å². The molecule has 0 aliphatic rings. The number of carbonyl (C=O) groups excluding carboxylic acids is 2. The highest BCUT2D eigenvalue weighted by atomic mass is 19.4. The number of alkyl halides is 6. The standard InChI is InChI=1S/C33H29F6N3O2/c1-42(31(44)24-18-25(32(34,35)36)20-26(19-24)33(37,38)39)28(21-29(43)41-17-15-27-14-8-9-16-40-27)30(22-10-4-2-5-11-22)23-12-6-3-7-13-23/h2-14,16,18-20,28,30H,15,17,21H2,1H3,(H,41,43). The maximum Gasteiger partial charge on any atom is 0.416 e. The molecular formula is C33H29F6N3O2. The van der Waals surface area contributed by atoms with Gasteiger partial charge in [0.15, 0.2) is 0 Å². The lowest BCUT2D eigenvalue weighted by atomic mass is 9.82. The maximum absolute atomic E-state index is 13.7. The highest BCUT2D eigenvalue weighted by Gasteiger charge is 2.39. The van der Waals surface area contributed by atoms with Gasteiger partial charge < -0.3 is 10.2 Å². The summed E-state index contributed by atoms with van der Waals surface area (Å²) in [4.78, 5) is 32.3. The Kier molecular flexibility index (Phi) is 10.1. The first-order valence-corrected chi connectivity index (χ1v) is 13.7. The smallest absolute Gasteiger partial charge is 0.356 e. The Labute approximate surface area is 250 Å². The van der Waals surface area contributed by atoms with Crippen molar-refractivity contribution < 1.29 is 35.9 Å². The van der Waals surface area contributed by atoms with Crippen molar-refractivity contribution in [2.75, 3.05) is 13.6 Å². The number of hydrogen-bond donors (Lipinski definition) is 1. The van der Waals surface area contributed by atoms with E-state index in [1.54, 1.807) is 79.0 Å². The third kappa shape index (κ3) is 8.24. The second kappa shape index (κ2) is 13.7. The Morgan fingerprint density at radius 3 is 1.77 bits per heavy atom. The Balaban J connectivity index is 1.73. The number of rotatable bonds is 10. The largest absolute Gasteiger partial charge is 0.416 e. The van der Waals surface area contributed by atoms with Crippen LogP contribution < -0.4 is 5.32 Å². The van der Waals surface area contributed by atoms with E-state index in [2.05, 4.69) is 10.3 Å². The van der Waals surface area contributed by atoms with Gasteiger partial charge in [-0.1, -0.05) is 66.7 Å². The molecule has 4 rings (SSSR count). The number of amides is 2. The Morgan fingerprint density at radius 1 is 0.773 bits per heavy atom. The van der Waals surface area contributed by atoms with Crippen LogP contribution in [0, 0.1) is 0 Å². The van der Waals surface area contributed by atoms with Gasteiger partial charge in [0.25, 0.3) is 5.91 Å². The average molecular weight is 614 g/mol. The first kappa shape index (κ1) is 32.2. The molecule has 2 amide bonds. The molecule has 11 heteroatoms. The Hall–Kier alpha value is -4.67. The zero-order valence-corrected chi connectivity index (χ0v) is 23.6. The molecular weight excluding hydrogens is 584 g/mol. The van der Waals surface area contributed by atoms with Crippen LogP contribution >= 0.6 is 0 Å². The van der Waals surface area contributed by atoms with Gasteiger partial charge in [-0.2, -0.15) is 26.3 Å². The van der Waals surface area contributed by atoms with Crippen LogP contribution in [0.25, 0.3) is 0 Å². The fourth-order valence-electron chi connectivity index (χ4n) is 5.01. The highest BCUT2D eigenvalue weighted by Crippen LogP contribution is 2.38. The van der Waals surface area contributed by atoms with Crippen molar-refractivity contribution in [2.24, 2.45) is 0 Å². The molecule has 1 N–H and O–H groups in total. The molecule has 0 saturated heterocycles. The molecule has 1 atom stereocenters. The van der Waals surface area contributed by atoms with E-state index < -0.39 is 52.8 Å². The number of likely N-dealkylation sites (N-methyl/N-ethyl adjacent to an activating group) is 1. The summed E-state index contributed by atoms with van der Waals surface area (Å²) in [5.74, 6) is -2.20. The lowest BCUT2D eigenvalue weighted by Gasteiger charge is -2.35. The minimum Gasteiger partial charge on any atom is -0.356 e. The summed E-state index contributed by atoms with van der Waals surface area (Å²) in [7, 11) is 1.28. The molecule has 1 aromatic heterocycles. The van der Waals surface area contributed by atoms with Gasteiger partial charge in [-0.3, -0.25) is 14.6 Å². The monoisotopic (exact) mass is 613 g/mol. The molecule has 3 aromatic carbocycles. The van der Waals surface area contributed by atoms with E-state index in [0.717, 1.165) is 10.6 Å². The van der Waals surface area contributed by atoms with E-state index in [-0.39, 0.29) is 19.0 Å². The van der Waals surface area contributed by atoms with Crippen LogP contribution in [0.3, 0.4) is 0 Å². The van der Waals surface area contributed by atoms with Crippen LogP contribution in [-0.2, 0) is 23.6 Å². The van der Waals surface area contributed by atoms with Crippen molar-refractivity contribution in [2.45, 2.75) is 37.2 Å². The van der Waals surface area contributed by atoms with Gasteiger partial charge in [-0.15, -0.1) is 0 Å². The number of nitrogens with one attached hydrogen (secondary N) is 1. The third-order valence-corrected chi connectivity index (χ3v) is 7.18. The zero-order valence-electron chi connectivity index (χ0n) is 23.6. The quantitative estimate of drug-likeness (QED) is 0.194. The van der Waals surface area contributed by atoms with Crippen molar-refractivity contribution in [3.63, 3.8) is 0 Å². The van der Waals surface area contributed by atoms with E-state index >= 15 is 0 Å². The van der Waals surface area contributed by atoms with E-state index in [0.29, 0.717) is 29.7 Å². The summed E-state index contributed by atoms with van der Waals surface area (Å²) in [5, 5.41) is 2.80. The zero-order chi connectivity index (χ0) is 31.9. The Bertz CT molecular complexity index is 1470. The number of nitrogens with zero attached hydrogens (tertiary/aromatic N) is 2. The van der Waals surface area contributed by atoms with Gasteiger partial charge in [0.2, 0.25) is 5.91 Å². The molecule has 1 unspecified atom stereocenters.